The van der Waals surface area contributed by atoms with Crippen molar-refractivity contribution in [3.05, 3.63) is 12.7 Å². The van der Waals surface area contributed by atoms with Crippen molar-refractivity contribution in [1.29, 1.82) is 0 Å². The second-order valence-electron chi connectivity index (χ2n) is 1.87. The van der Waals surface area contributed by atoms with Gasteiger partial charge in [0.1, 0.15) is 6.10 Å². The van der Waals surface area contributed by atoms with Crippen LogP contribution in [0.2, 0.25) is 0 Å². The van der Waals surface area contributed by atoms with Crippen molar-refractivity contribution in [3.63, 3.8) is 0 Å². The molecule has 1 saturated heterocycles. The number of ether oxygens (including phenoxy) is 1. The van der Waals surface area contributed by atoms with Gasteiger partial charge in [0, 0.05) is 0 Å². The summed E-state index contributed by atoms with van der Waals surface area (Å²) < 4.78 is 4.85. The fourth-order valence-corrected chi connectivity index (χ4v) is 0.600. The van der Waals surface area contributed by atoms with Crippen LogP contribution in [0.4, 0.5) is 0 Å². The summed E-state index contributed by atoms with van der Waals surface area (Å²) >= 11 is 0. The Morgan fingerprint density at radius 3 is 2.50 bits per heavy atom. The lowest BCUT2D eigenvalue weighted by Gasteiger charge is -1.77. The summed E-state index contributed by atoms with van der Waals surface area (Å²) in [5, 5.41) is 0. The molecule has 2 heteroatoms. The smallest absolute Gasteiger partial charge is 0.186 e. The van der Waals surface area contributed by atoms with E-state index in [1.165, 1.54) is 6.08 Å². The number of carbonyl (C=O) groups excluding carboxylic acids is 1. The SMILES string of the molecule is C=CC(=O)C1OC1C. The summed E-state index contributed by atoms with van der Waals surface area (Å²) in [6.45, 7) is 5.19. The summed E-state index contributed by atoms with van der Waals surface area (Å²) in [6.07, 6.45) is 1.25. The summed E-state index contributed by atoms with van der Waals surface area (Å²) in [4.78, 5) is 10.5. The summed E-state index contributed by atoms with van der Waals surface area (Å²) in [6, 6.07) is 0. The van der Waals surface area contributed by atoms with Gasteiger partial charge in [-0.3, -0.25) is 4.79 Å². The Labute approximate surface area is 48.1 Å². The highest BCUT2D eigenvalue weighted by atomic mass is 16.6. The first kappa shape index (κ1) is 5.51. The Morgan fingerprint density at radius 1 is 1.88 bits per heavy atom. The molecule has 0 N–H and O–H groups in total. The van der Waals surface area contributed by atoms with Crippen LogP contribution in [0.1, 0.15) is 6.92 Å². The van der Waals surface area contributed by atoms with Crippen LogP contribution < -0.4 is 0 Å². The minimum absolute atomic E-state index is 0.00231. The number of hydrogen-bond acceptors (Lipinski definition) is 2. The Bertz CT molecular complexity index is 128. The minimum atomic E-state index is -0.174. The van der Waals surface area contributed by atoms with Gasteiger partial charge in [0.05, 0.1) is 6.10 Å². The molecule has 1 fully saturated rings. The standard InChI is InChI=1S/C6H8O2/c1-3-5(7)6-4(2)8-6/h3-4,6H,1H2,2H3. The van der Waals surface area contributed by atoms with Crippen molar-refractivity contribution in [2.75, 3.05) is 0 Å². The molecule has 8 heavy (non-hydrogen) atoms. The van der Waals surface area contributed by atoms with E-state index in [2.05, 4.69) is 6.58 Å². The molecule has 2 unspecified atom stereocenters. The van der Waals surface area contributed by atoms with E-state index in [1.807, 2.05) is 6.92 Å². The van der Waals surface area contributed by atoms with Crippen molar-refractivity contribution < 1.29 is 9.53 Å². The van der Waals surface area contributed by atoms with Crippen LogP contribution >= 0.6 is 0 Å². The molecule has 0 aromatic rings. The number of epoxide rings is 1. The fourth-order valence-electron chi connectivity index (χ4n) is 0.600. The van der Waals surface area contributed by atoms with Crippen molar-refractivity contribution in [3.8, 4) is 0 Å². The lowest BCUT2D eigenvalue weighted by Crippen LogP contribution is -2.03. The molecule has 1 rings (SSSR count). The summed E-state index contributed by atoms with van der Waals surface area (Å²) in [5.41, 5.74) is 0. The predicted octanol–water partition coefficient (Wildman–Crippen LogP) is 0.529. The van der Waals surface area contributed by atoms with Crippen LogP contribution in [0, 0.1) is 0 Å². The van der Waals surface area contributed by atoms with E-state index in [9.17, 15) is 4.79 Å². The molecule has 0 radical (unpaired) electrons. The molecule has 2 atom stereocenters. The Kier molecular flexibility index (Phi) is 1.18. The van der Waals surface area contributed by atoms with Gasteiger partial charge < -0.3 is 4.74 Å². The third-order valence-electron chi connectivity index (χ3n) is 1.19. The van der Waals surface area contributed by atoms with Gasteiger partial charge in [-0.05, 0) is 13.0 Å². The van der Waals surface area contributed by atoms with E-state index >= 15 is 0 Å². The highest BCUT2D eigenvalue weighted by Crippen LogP contribution is 2.21. The molecule has 1 aliphatic rings. The first-order valence-electron chi connectivity index (χ1n) is 2.57. The quantitative estimate of drug-likeness (QED) is 0.385. The second-order valence-corrected chi connectivity index (χ2v) is 1.87. The Balaban J connectivity index is 2.39. The van der Waals surface area contributed by atoms with Crippen LogP contribution in [-0.4, -0.2) is 18.0 Å². The van der Waals surface area contributed by atoms with Crippen molar-refractivity contribution >= 4 is 5.78 Å². The Hall–Kier alpha value is -0.630. The normalized spacial score (nSPS) is 34.1. The lowest BCUT2D eigenvalue weighted by atomic mass is 10.2. The van der Waals surface area contributed by atoms with Gasteiger partial charge in [0.25, 0.3) is 0 Å². The van der Waals surface area contributed by atoms with Crippen molar-refractivity contribution in [2.24, 2.45) is 0 Å². The zero-order valence-corrected chi connectivity index (χ0v) is 4.76. The predicted molar refractivity (Wildman–Crippen MR) is 29.5 cm³/mol. The van der Waals surface area contributed by atoms with Gasteiger partial charge in [-0.25, -0.2) is 0 Å². The molecule has 0 amide bonds. The lowest BCUT2D eigenvalue weighted by molar-refractivity contribution is -0.115. The third-order valence-corrected chi connectivity index (χ3v) is 1.19. The van der Waals surface area contributed by atoms with Crippen LogP contribution in [0.3, 0.4) is 0 Å². The van der Waals surface area contributed by atoms with Gasteiger partial charge in [0.2, 0.25) is 0 Å². The number of carbonyl (C=O) groups is 1. The molecule has 1 heterocycles. The van der Waals surface area contributed by atoms with Gasteiger partial charge in [-0.2, -0.15) is 0 Å². The highest BCUT2D eigenvalue weighted by Gasteiger charge is 2.38. The summed E-state index contributed by atoms with van der Waals surface area (Å²) in [5.74, 6) is -0.00231. The number of ketones is 1. The van der Waals surface area contributed by atoms with Gasteiger partial charge in [-0.1, -0.05) is 6.58 Å². The van der Waals surface area contributed by atoms with Crippen LogP contribution in [0.25, 0.3) is 0 Å². The molecular weight excluding hydrogens is 104 g/mol. The highest BCUT2D eigenvalue weighted by molar-refractivity contribution is 5.95. The maximum atomic E-state index is 10.5. The zero-order chi connectivity index (χ0) is 6.15. The van der Waals surface area contributed by atoms with Crippen LogP contribution in [-0.2, 0) is 9.53 Å². The second kappa shape index (κ2) is 1.71. The molecule has 44 valence electrons. The largest absolute Gasteiger partial charge is 0.361 e. The van der Waals surface area contributed by atoms with E-state index in [4.69, 9.17) is 4.74 Å². The zero-order valence-electron chi connectivity index (χ0n) is 4.76. The van der Waals surface area contributed by atoms with Crippen LogP contribution in [0.5, 0.6) is 0 Å². The van der Waals surface area contributed by atoms with E-state index in [0.717, 1.165) is 0 Å². The van der Waals surface area contributed by atoms with E-state index in [0.29, 0.717) is 0 Å². The maximum absolute atomic E-state index is 10.5. The first-order valence-corrected chi connectivity index (χ1v) is 2.57. The van der Waals surface area contributed by atoms with Gasteiger partial charge in [-0.15, -0.1) is 0 Å². The molecule has 0 aromatic carbocycles. The van der Waals surface area contributed by atoms with Gasteiger partial charge >= 0.3 is 0 Å². The summed E-state index contributed by atoms with van der Waals surface area (Å²) in [7, 11) is 0. The molecule has 0 spiro atoms. The topological polar surface area (TPSA) is 29.6 Å². The molecule has 0 aliphatic carbocycles. The maximum Gasteiger partial charge on any atom is 0.186 e. The number of hydrogen-bond donors (Lipinski definition) is 0. The third kappa shape index (κ3) is 0.793. The average Bonchev–Trinajstić information content (AvgIpc) is 2.45. The van der Waals surface area contributed by atoms with E-state index in [-0.39, 0.29) is 18.0 Å². The molecule has 0 saturated carbocycles. The number of rotatable bonds is 2. The van der Waals surface area contributed by atoms with Crippen molar-refractivity contribution in [1.82, 2.24) is 0 Å². The van der Waals surface area contributed by atoms with Crippen molar-refractivity contribution in [2.45, 2.75) is 19.1 Å². The molecular formula is C6H8O2. The minimum Gasteiger partial charge on any atom is -0.361 e. The first-order chi connectivity index (χ1) is 3.75. The van der Waals surface area contributed by atoms with Crippen LogP contribution in [0.15, 0.2) is 12.7 Å². The fraction of sp³-hybridized carbons (Fsp3) is 0.500. The average molecular weight is 112 g/mol. The van der Waals surface area contributed by atoms with Gasteiger partial charge in [0.15, 0.2) is 5.78 Å². The molecule has 2 nitrogen and oxygen atoms in total. The molecule has 0 bridgehead atoms. The van der Waals surface area contributed by atoms with E-state index in [1.54, 1.807) is 0 Å². The monoisotopic (exact) mass is 112 g/mol. The Morgan fingerprint density at radius 2 is 2.38 bits per heavy atom. The molecule has 1 aliphatic heterocycles. The molecule has 0 aromatic heterocycles. The van der Waals surface area contributed by atoms with E-state index < -0.39 is 0 Å².